The summed E-state index contributed by atoms with van der Waals surface area (Å²) in [6, 6.07) is 11.4. The Morgan fingerprint density at radius 3 is 2.33 bits per heavy atom. The topological polar surface area (TPSA) is 73.4 Å². The Bertz CT molecular complexity index is 718. The number of anilines is 1. The van der Waals surface area contributed by atoms with E-state index in [0.717, 1.165) is 31.6 Å². The predicted molar refractivity (Wildman–Crippen MR) is 110 cm³/mol. The molecular weight excluding hydrogens is 340 g/mol. The normalized spacial score (nSPS) is 11.0. The monoisotopic (exact) mass is 370 g/mol. The van der Waals surface area contributed by atoms with Crippen molar-refractivity contribution in [3.63, 3.8) is 0 Å². The molecule has 0 spiro atoms. The van der Waals surface area contributed by atoms with Gasteiger partial charge in [0.2, 0.25) is 0 Å². The molecule has 0 radical (unpaired) electrons. The zero-order valence-electron chi connectivity index (χ0n) is 16.7. The van der Waals surface area contributed by atoms with Gasteiger partial charge in [0.15, 0.2) is 5.82 Å². The van der Waals surface area contributed by atoms with Crippen LogP contribution in [0.25, 0.3) is 11.4 Å². The molecule has 0 fully saturated rings. The van der Waals surface area contributed by atoms with Crippen LogP contribution in [0.1, 0.15) is 16.9 Å². The van der Waals surface area contributed by atoms with Crippen LogP contribution in [0.5, 0.6) is 0 Å². The number of amides is 1. The fourth-order valence-electron chi connectivity index (χ4n) is 2.47. The van der Waals surface area contributed by atoms with Crippen molar-refractivity contribution in [3.8, 4) is 11.4 Å². The number of carbonyl (C=O) groups is 1. The summed E-state index contributed by atoms with van der Waals surface area (Å²) in [5.74, 6) is 1.03. The lowest BCUT2D eigenvalue weighted by Gasteiger charge is -2.13. The van der Waals surface area contributed by atoms with E-state index in [9.17, 15) is 4.79 Å². The maximum atomic E-state index is 12.5. The number of aromatic nitrogens is 2. The van der Waals surface area contributed by atoms with Crippen LogP contribution >= 0.6 is 0 Å². The lowest BCUT2D eigenvalue weighted by Crippen LogP contribution is -2.32. The molecule has 27 heavy (non-hydrogen) atoms. The standard InChI is InChI=1S/C20H30N6O/c1-25(2)13-8-11-21-18-15-17(20(27)22-12-14-26(3)4)23-19(24-18)16-9-6-5-7-10-16/h5-7,9-10,15H,8,11-14H2,1-4H3,(H,22,27)(H,21,23,24). The summed E-state index contributed by atoms with van der Waals surface area (Å²) < 4.78 is 0. The van der Waals surface area contributed by atoms with Crippen LogP contribution in [-0.2, 0) is 0 Å². The highest BCUT2D eigenvalue weighted by atomic mass is 16.1. The van der Waals surface area contributed by atoms with Gasteiger partial charge in [-0.1, -0.05) is 30.3 Å². The molecule has 0 atom stereocenters. The van der Waals surface area contributed by atoms with E-state index >= 15 is 0 Å². The first-order chi connectivity index (χ1) is 13.0. The molecule has 1 aromatic carbocycles. The summed E-state index contributed by atoms with van der Waals surface area (Å²) in [5.41, 5.74) is 1.26. The molecule has 2 N–H and O–H groups in total. The maximum Gasteiger partial charge on any atom is 0.270 e. The molecule has 1 amide bonds. The number of nitrogens with one attached hydrogen (secondary N) is 2. The first-order valence-corrected chi connectivity index (χ1v) is 9.22. The van der Waals surface area contributed by atoms with Crippen molar-refractivity contribution in [2.45, 2.75) is 6.42 Å². The van der Waals surface area contributed by atoms with Gasteiger partial charge in [-0.25, -0.2) is 9.97 Å². The van der Waals surface area contributed by atoms with Gasteiger partial charge in [-0.2, -0.15) is 0 Å². The first kappa shape index (κ1) is 20.8. The molecule has 2 aromatic rings. The zero-order chi connectivity index (χ0) is 19.6. The minimum atomic E-state index is -0.187. The molecule has 2 rings (SSSR count). The first-order valence-electron chi connectivity index (χ1n) is 9.22. The van der Waals surface area contributed by atoms with Crippen LogP contribution in [-0.4, -0.2) is 80.0 Å². The van der Waals surface area contributed by atoms with Crippen molar-refractivity contribution in [2.24, 2.45) is 0 Å². The molecule has 7 heteroatoms. The molecule has 0 aliphatic carbocycles. The van der Waals surface area contributed by atoms with E-state index in [1.807, 2.05) is 63.4 Å². The van der Waals surface area contributed by atoms with Gasteiger partial charge in [-0.3, -0.25) is 4.79 Å². The highest BCUT2D eigenvalue weighted by molar-refractivity contribution is 5.93. The average Bonchev–Trinajstić information content (AvgIpc) is 2.65. The van der Waals surface area contributed by atoms with Crippen LogP contribution in [0.15, 0.2) is 36.4 Å². The van der Waals surface area contributed by atoms with Gasteiger partial charge in [0.05, 0.1) is 0 Å². The van der Waals surface area contributed by atoms with Crippen molar-refractivity contribution in [1.29, 1.82) is 0 Å². The van der Waals surface area contributed by atoms with Crippen molar-refractivity contribution >= 4 is 11.7 Å². The summed E-state index contributed by atoms with van der Waals surface area (Å²) in [4.78, 5) is 25.7. The Morgan fingerprint density at radius 2 is 1.67 bits per heavy atom. The Hall–Kier alpha value is -2.51. The summed E-state index contributed by atoms with van der Waals surface area (Å²) in [6.07, 6.45) is 0.988. The average molecular weight is 371 g/mol. The minimum Gasteiger partial charge on any atom is -0.370 e. The molecule has 0 unspecified atom stereocenters. The van der Waals surface area contributed by atoms with Crippen LogP contribution in [0.2, 0.25) is 0 Å². The lowest BCUT2D eigenvalue weighted by molar-refractivity contribution is 0.0946. The molecule has 7 nitrogen and oxygen atoms in total. The van der Waals surface area contributed by atoms with E-state index in [4.69, 9.17) is 0 Å². The molecular formula is C20H30N6O. The van der Waals surface area contributed by atoms with Gasteiger partial charge in [0, 0.05) is 31.3 Å². The second kappa shape index (κ2) is 10.6. The van der Waals surface area contributed by atoms with Crippen molar-refractivity contribution in [1.82, 2.24) is 25.1 Å². The third-order valence-corrected chi connectivity index (χ3v) is 3.92. The van der Waals surface area contributed by atoms with Gasteiger partial charge in [-0.05, 0) is 41.2 Å². The fraction of sp³-hybridized carbons (Fsp3) is 0.450. The molecule has 0 saturated carbocycles. The summed E-state index contributed by atoms with van der Waals surface area (Å²) in [7, 11) is 8.04. The maximum absolute atomic E-state index is 12.5. The van der Waals surface area contributed by atoms with Gasteiger partial charge in [0.1, 0.15) is 11.5 Å². The van der Waals surface area contributed by atoms with Crippen molar-refractivity contribution in [2.75, 3.05) is 59.7 Å². The third-order valence-electron chi connectivity index (χ3n) is 3.92. The van der Waals surface area contributed by atoms with E-state index in [0.29, 0.717) is 23.9 Å². The zero-order valence-corrected chi connectivity index (χ0v) is 16.7. The number of rotatable bonds is 10. The van der Waals surface area contributed by atoms with E-state index in [-0.39, 0.29) is 5.91 Å². The second-order valence-electron chi connectivity index (χ2n) is 6.97. The van der Waals surface area contributed by atoms with Crippen molar-refractivity contribution in [3.05, 3.63) is 42.1 Å². The van der Waals surface area contributed by atoms with E-state index in [1.54, 1.807) is 6.07 Å². The van der Waals surface area contributed by atoms with Crippen molar-refractivity contribution < 1.29 is 4.79 Å². The Labute approximate surface area is 161 Å². The van der Waals surface area contributed by atoms with Crippen LogP contribution < -0.4 is 10.6 Å². The van der Waals surface area contributed by atoms with Crippen LogP contribution in [0, 0.1) is 0 Å². The molecule has 146 valence electrons. The number of hydrogen-bond acceptors (Lipinski definition) is 6. The fourth-order valence-corrected chi connectivity index (χ4v) is 2.47. The highest BCUT2D eigenvalue weighted by Gasteiger charge is 2.13. The molecule has 0 bridgehead atoms. The van der Waals surface area contributed by atoms with Crippen LogP contribution in [0.4, 0.5) is 5.82 Å². The molecule has 0 saturated heterocycles. The van der Waals surface area contributed by atoms with E-state index in [2.05, 4.69) is 25.5 Å². The largest absolute Gasteiger partial charge is 0.370 e. The number of benzene rings is 1. The number of likely N-dealkylation sites (N-methyl/N-ethyl adjacent to an activating group) is 1. The number of nitrogens with zero attached hydrogens (tertiary/aromatic N) is 4. The molecule has 0 aliphatic heterocycles. The molecule has 1 aromatic heterocycles. The van der Waals surface area contributed by atoms with E-state index in [1.165, 1.54) is 0 Å². The minimum absolute atomic E-state index is 0.187. The highest BCUT2D eigenvalue weighted by Crippen LogP contribution is 2.18. The van der Waals surface area contributed by atoms with Gasteiger partial charge in [0.25, 0.3) is 5.91 Å². The number of carbonyl (C=O) groups excluding carboxylic acids is 1. The molecule has 1 heterocycles. The summed E-state index contributed by atoms with van der Waals surface area (Å²) in [5, 5.41) is 6.23. The molecule has 0 aliphatic rings. The predicted octanol–water partition coefficient (Wildman–Crippen LogP) is 1.80. The van der Waals surface area contributed by atoms with Gasteiger partial charge >= 0.3 is 0 Å². The quantitative estimate of drug-likeness (QED) is 0.622. The number of hydrogen-bond donors (Lipinski definition) is 2. The Kier molecular flexibility index (Phi) is 8.16. The Morgan fingerprint density at radius 1 is 0.963 bits per heavy atom. The summed E-state index contributed by atoms with van der Waals surface area (Å²) in [6.45, 7) is 3.12. The van der Waals surface area contributed by atoms with Gasteiger partial charge in [-0.15, -0.1) is 0 Å². The second-order valence-corrected chi connectivity index (χ2v) is 6.97. The SMILES string of the molecule is CN(C)CCCNc1cc(C(=O)NCCN(C)C)nc(-c2ccccc2)n1. The van der Waals surface area contributed by atoms with Gasteiger partial charge < -0.3 is 20.4 Å². The summed E-state index contributed by atoms with van der Waals surface area (Å²) >= 11 is 0. The van der Waals surface area contributed by atoms with E-state index < -0.39 is 0 Å². The third kappa shape index (κ3) is 7.32. The Balaban J connectivity index is 2.16. The lowest BCUT2D eigenvalue weighted by atomic mass is 10.2. The smallest absolute Gasteiger partial charge is 0.270 e. The van der Waals surface area contributed by atoms with Crippen LogP contribution in [0.3, 0.4) is 0 Å².